The summed E-state index contributed by atoms with van der Waals surface area (Å²) in [4.78, 5) is 6.96. The summed E-state index contributed by atoms with van der Waals surface area (Å²) in [5, 5.41) is 11.7. The van der Waals surface area contributed by atoms with Gasteiger partial charge in [0, 0.05) is 24.3 Å². The zero-order valence-electron chi connectivity index (χ0n) is 13.0. The van der Waals surface area contributed by atoms with E-state index in [2.05, 4.69) is 28.9 Å². The van der Waals surface area contributed by atoms with Gasteiger partial charge in [0.05, 0.1) is 0 Å². The summed E-state index contributed by atoms with van der Waals surface area (Å²) in [6.45, 7) is 5.54. The molecule has 1 aromatic rings. The lowest BCUT2D eigenvalue weighted by atomic mass is 10.1. The molecule has 0 radical (unpaired) electrons. The SMILES string of the molecule is CC(C)CCN(c1ccc(/C(N)=N/O)cn1)C1CCCC1. The summed E-state index contributed by atoms with van der Waals surface area (Å²) in [6.07, 6.45) is 7.97. The van der Waals surface area contributed by atoms with Gasteiger partial charge in [-0.2, -0.15) is 0 Å². The van der Waals surface area contributed by atoms with E-state index in [0.717, 1.165) is 12.4 Å². The van der Waals surface area contributed by atoms with Crippen LogP contribution >= 0.6 is 0 Å². The predicted molar refractivity (Wildman–Crippen MR) is 85.8 cm³/mol. The molecule has 1 aliphatic carbocycles. The Morgan fingerprint density at radius 3 is 2.67 bits per heavy atom. The molecule has 0 bridgehead atoms. The van der Waals surface area contributed by atoms with E-state index in [4.69, 9.17) is 10.9 Å². The van der Waals surface area contributed by atoms with Crippen LogP contribution in [0.5, 0.6) is 0 Å². The van der Waals surface area contributed by atoms with Crippen molar-refractivity contribution in [2.45, 2.75) is 52.0 Å². The van der Waals surface area contributed by atoms with E-state index >= 15 is 0 Å². The topological polar surface area (TPSA) is 74.7 Å². The van der Waals surface area contributed by atoms with Gasteiger partial charge in [-0.1, -0.05) is 31.8 Å². The third kappa shape index (κ3) is 4.09. The lowest BCUT2D eigenvalue weighted by Gasteiger charge is -2.31. The number of hydrogen-bond acceptors (Lipinski definition) is 4. The quantitative estimate of drug-likeness (QED) is 0.365. The second kappa shape index (κ2) is 7.29. The molecule has 1 aliphatic rings. The van der Waals surface area contributed by atoms with Crippen LogP contribution in [-0.2, 0) is 0 Å². The monoisotopic (exact) mass is 290 g/mol. The highest BCUT2D eigenvalue weighted by molar-refractivity contribution is 5.96. The summed E-state index contributed by atoms with van der Waals surface area (Å²) in [5.74, 6) is 1.78. The lowest BCUT2D eigenvalue weighted by molar-refractivity contribution is 0.318. The molecule has 1 fully saturated rings. The van der Waals surface area contributed by atoms with E-state index in [9.17, 15) is 0 Å². The Kier molecular flexibility index (Phi) is 5.42. The van der Waals surface area contributed by atoms with Crippen molar-refractivity contribution in [3.05, 3.63) is 23.9 Å². The normalized spacial score (nSPS) is 16.6. The fraction of sp³-hybridized carbons (Fsp3) is 0.625. The molecule has 0 saturated heterocycles. The minimum absolute atomic E-state index is 0.101. The van der Waals surface area contributed by atoms with Crippen LogP contribution in [0.2, 0.25) is 0 Å². The van der Waals surface area contributed by atoms with Crippen molar-refractivity contribution in [1.29, 1.82) is 0 Å². The molecule has 3 N–H and O–H groups in total. The molecule has 0 unspecified atom stereocenters. The number of amidine groups is 1. The van der Waals surface area contributed by atoms with Crippen LogP contribution in [0.25, 0.3) is 0 Å². The van der Waals surface area contributed by atoms with E-state index in [-0.39, 0.29) is 5.84 Å². The Labute approximate surface area is 126 Å². The number of oxime groups is 1. The maximum absolute atomic E-state index is 8.71. The summed E-state index contributed by atoms with van der Waals surface area (Å²) in [6, 6.07) is 4.45. The van der Waals surface area contributed by atoms with Gasteiger partial charge in [-0.05, 0) is 37.3 Å². The van der Waals surface area contributed by atoms with Crippen molar-refractivity contribution in [3.63, 3.8) is 0 Å². The number of aromatic nitrogens is 1. The third-order valence-electron chi connectivity index (χ3n) is 4.16. The maximum atomic E-state index is 8.71. The molecule has 0 aromatic carbocycles. The van der Waals surface area contributed by atoms with E-state index in [1.807, 2.05) is 12.1 Å². The summed E-state index contributed by atoms with van der Waals surface area (Å²) in [7, 11) is 0. The highest BCUT2D eigenvalue weighted by Gasteiger charge is 2.23. The molecule has 0 aliphatic heterocycles. The number of pyridine rings is 1. The van der Waals surface area contributed by atoms with Gasteiger partial charge in [0.25, 0.3) is 0 Å². The summed E-state index contributed by atoms with van der Waals surface area (Å²) >= 11 is 0. The van der Waals surface area contributed by atoms with Crippen LogP contribution in [-0.4, -0.2) is 28.6 Å². The fourth-order valence-corrected chi connectivity index (χ4v) is 2.86. The fourth-order valence-electron chi connectivity index (χ4n) is 2.86. The van der Waals surface area contributed by atoms with Crippen LogP contribution in [0.1, 0.15) is 51.5 Å². The first-order valence-corrected chi connectivity index (χ1v) is 7.82. The molecule has 5 nitrogen and oxygen atoms in total. The van der Waals surface area contributed by atoms with Crippen molar-refractivity contribution in [1.82, 2.24) is 4.98 Å². The van der Waals surface area contributed by atoms with E-state index in [0.29, 0.717) is 17.5 Å². The highest BCUT2D eigenvalue weighted by Crippen LogP contribution is 2.27. The third-order valence-corrected chi connectivity index (χ3v) is 4.16. The maximum Gasteiger partial charge on any atom is 0.171 e. The van der Waals surface area contributed by atoms with Crippen molar-refractivity contribution in [2.24, 2.45) is 16.8 Å². The molecule has 5 heteroatoms. The first kappa shape index (κ1) is 15.6. The molecule has 1 saturated carbocycles. The molecule has 0 atom stereocenters. The van der Waals surface area contributed by atoms with Crippen molar-refractivity contribution < 1.29 is 5.21 Å². The van der Waals surface area contributed by atoms with E-state index < -0.39 is 0 Å². The highest BCUT2D eigenvalue weighted by atomic mass is 16.4. The van der Waals surface area contributed by atoms with Gasteiger partial charge in [0.2, 0.25) is 0 Å². The van der Waals surface area contributed by atoms with Crippen LogP contribution in [0.15, 0.2) is 23.5 Å². The Morgan fingerprint density at radius 1 is 1.43 bits per heavy atom. The number of rotatable bonds is 6. The van der Waals surface area contributed by atoms with Gasteiger partial charge in [-0.25, -0.2) is 4.98 Å². The number of nitrogens with two attached hydrogens (primary N) is 1. The number of anilines is 1. The average molecular weight is 290 g/mol. The van der Waals surface area contributed by atoms with Gasteiger partial charge in [0.15, 0.2) is 5.84 Å². The largest absolute Gasteiger partial charge is 0.409 e. The first-order chi connectivity index (χ1) is 10.1. The Balaban J connectivity index is 2.15. The minimum atomic E-state index is 0.101. The number of nitrogens with zero attached hydrogens (tertiary/aromatic N) is 3. The Hall–Kier alpha value is -1.78. The Bertz CT molecular complexity index is 464. The zero-order chi connectivity index (χ0) is 15.2. The van der Waals surface area contributed by atoms with Crippen LogP contribution in [0.4, 0.5) is 5.82 Å². The molecule has 1 heterocycles. The molecule has 1 aromatic heterocycles. The Morgan fingerprint density at radius 2 is 2.14 bits per heavy atom. The van der Waals surface area contributed by atoms with Gasteiger partial charge < -0.3 is 15.8 Å². The average Bonchev–Trinajstić information content (AvgIpc) is 3.01. The van der Waals surface area contributed by atoms with Crippen molar-refractivity contribution in [2.75, 3.05) is 11.4 Å². The second-order valence-electron chi connectivity index (χ2n) is 6.20. The van der Waals surface area contributed by atoms with Gasteiger partial charge in [0.1, 0.15) is 5.82 Å². The zero-order valence-corrected chi connectivity index (χ0v) is 13.0. The second-order valence-corrected chi connectivity index (χ2v) is 6.20. The van der Waals surface area contributed by atoms with Gasteiger partial charge in [-0.3, -0.25) is 0 Å². The molecule has 0 spiro atoms. The smallest absolute Gasteiger partial charge is 0.171 e. The van der Waals surface area contributed by atoms with Crippen LogP contribution in [0.3, 0.4) is 0 Å². The van der Waals surface area contributed by atoms with Crippen molar-refractivity contribution >= 4 is 11.7 Å². The first-order valence-electron chi connectivity index (χ1n) is 7.82. The van der Waals surface area contributed by atoms with Gasteiger partial charge >= 0.3 is 0 Å². The molecular weight excluding hydrogens is 264 g/mol. The lowest BCUT2D eigenvalue weighted by Crippen LogP contribution is -2.35. The van der Waals surface area contributed by atoms with E-state index in [1.54, 1.807) is 6.20 Å². The molecular formula is C16H26N4O. The van der Waals surface area contributed by atoms with Crippen LogP contribution < -0.4 is 10.6 Å². The molecule has 2 rings (SSSR count). The van der Waals surface area contributed by atoms with Crippen molar-refractivity contribution in [3.8, 4) is 0 Å². The number of hydrogen-bond donors (Lipinski definition) is 2. The molecule has 116 valence electrons. The van der Waals surface area contributed by atoms with Crippen LogP contribution in [0, 0.1) is 5.92 Å². The summed E-state index contributed by atoms with van der Waals surface area (Å²) in [5.41, 5.74) is 6.24. The van der Waals surface area contributed by atoms with Gasteiger partial charge in [-0.15, -0.1) is 0 Å². The van der Waals surface area contributed by atoms with E-state index in [1.165, 1.54) is 32.1 Å². The standard InChI is InChI=1S/C16H26N4O/c1-12(2)9-10-20(14-5-3-4-6-14)15-8-7-13(11-18-15)16(17)19-21/h7-8,11-12,14,21H,3-6,9-10H2,1-2H3,(H2,17,19). The summed E-state index contributed by atoms with van der Waals surface area (Å²) < 4.78 is 0. The predicted octanol–water partition coefficient (Wildman–Crippen LogP) is 2.97. The minimum Gasteiger partial charge on any atom is -0.409 e. The molecule has 21 heavy (non-hydrogen) atoms. The molecule has 0 amide bonds.